The van der Waals surface area contributed by atoms with Crippen molar-refractivity contribution in [1.82, 2.24) is 15.0 Å². The van der Waals surface area contributed by atoms with E-state index in [1.807, 2.05) is 0 Å². The quantitative estimate of drug-likeness (QED) is 0.190. The van der Waals surface area contributed by atoms with E-state index < -0.39 is 0 Å². The van der Waals surface area contributed by atoms with E-state index in [1.165, 1.54) is 44.2 Å². The largest absolute Gasteiger partial charge is 0.208 e. The number of aromatic nitrogens is 3. The molecule has 240 valence electrons. The van der Waals surface area contributed by atoms with E-state index in [0.717, 1.165) is 38.2 Å². The molecule has 0 bridgehead atoms. The molecule has 0 saturated heterocycles. The van der Waals surface area contributed by atoms with Crippen LogP contribution in [0.2, 0.25) is 0 Å². The smallest absolute Gasteiger partial charge is 0.164 e. The maximum atomic E-state index is 5.21. The second kappa shape index (κ2) is 11.3. The molecule has 3 nitrogen and oxygen atoms in total. The molecule has 9 aromatic rings. The van der Waals surface area contributed by atoms with Gasteiger partial charge in [0.15, 0.2) is 17.5 Å². The van der Waals surface area contributed by atoms with Crippen molar-refractivity contribution in [2.75, 3.05) is 0 Å². The first kappa shape index (κ1) is 29.5. The molecule has 10 rings (SSSR count). The van der Waals surface area contributed by atoms with Gasteiger partial charge in [0.05, 0.1) is 0 Å². The molecule has 1 aliphatic carbocycles. The van der Waals surface area contributed by atoms with Gasteiger partial charge in [0.25, 0.3) is 0 Å². The lowest BCUT2D eigenvalue weighted by Gasteiger charge is -2.24. The number of benzene rings is 8. The Hall–Kier alpha value is -6.45. The molecule has 0 saturated carbocycles. The summed E-state index contributed by atoms with van der Waals surface area (Å²) in [6.45, 7) is 4.70. The van der Waals surface area contributed by atoms with Crippen molar-refractivity contribution in [3.05, 3.63) is 175 Å². The summed E-state index contributed by atoms with van der Waals surface area (Å²) in [6, 6.07) is 58.5. The zero-order chi connectivity index (χ0) is 34.1. The van der Waals surface area contributed by atoms with Crippen molar-refractivity contribution in [3.8, 4) is 56.4 Å². The maximum Gasteiger partial charge on any atom is 0.164 e. The zero-order valence-electron chi connectivity index (χ0n) is 28.4. The summed E-state index contributed by atoms with van der Waals surface area (Å²) in [5.41, 5.74) is 10.6. The molecule has 0 spiro atoms. The van der Waals surface area contributed by atoms with Crippen LogP contribution in [0.5, 0.6) is 0 Å². The molecule has 1 aromatic heterocycles. The predicted octanol–water partition coefficient (Wildman–Crippen LogP) is 12.3. The predicted molar refractivity (Wildman–Crippen MR) is 212 cm³/mol. The van der Waals surface area contributed by atoms with E-state index in [1.54, 1.807) is 0 Å². The van der Waals surface area contributed by atoms with Gasteiger partial charge in [-0.2, -0.15) is 0 Å². The second-order valence-electron chi connectivity index (χ2n) is 14.1. The van der Waals surface area contributed by atoms with Crippen molar-refractivity contribution < 1.29 is 0 Å². The topological polar surface area (TPSA) is 38.7 Å². The minimum atomic E-state index is -0.116. The van der Waals surface area contributed by atoms with Gasteiger partial charge in [-0.25, -0.2) is 15.0 Å². The summed E-state index contributed by atoms with van der Waals surface area (Å²) in [4.78, 5) is 15.5. The summed E-state index contributed by atoms with van der Waals surface area (Å²) in [6.07, 6.45) is 0. The highest BCUT2D eigenvalue weighted by Crippen LogP contribution is 2.52. The average molecular weight is 652 g/mol. The Labute approximate surface area is 297 Å². The molecule has 0 fully saturated rings. The Morgan fingerprint density at radius 3 is 1.55 bits per heavy atom. The Balaban J connectivity index is 1.18. The van der Waals surface area contributed by atoms with E-state index in [2.05, 4.69) is 178 Å². The van der Waals surface area contributed by atoms with Crippen LogP contribution in [0.15, 0.2) is 164 Å². The lowest BCUT2D eigenvalue weighted by atomic mass is 9.78. The highest BCUT2D eigenvalue weighted by molar-refractivity contribution is 5.99. The van der Waals surface area contributed by atoms with Crippen molar-refractivity contribution in [2.45, 2.75) is 19.3 Å². The van der Waals surface area contributed by atoms with Crippen LogP contribution in [-0.2, 0) is 5.41 Å². The Kier molecular flexibility index (Phi) is 6.53. The van der Waals surface area contributed by atoms with Gasteiger partial charge in [0.2, 0.25) is 0 Å². The summed E-state index contributed by atoms with van der Waals surface area (Å²) in [5, 5.41) is 6.93. The Bertz CT molecular complexity index is 2750. The molecule has 0 aliphatic heterocycles. The van der Waals surface area contributed by atoms with Crippen LogP contribution in [0.1, 0.15) is 25.0 Å². The summed E-state index contributed by atoms with van der Waals surface area (Å²) >= 11 is 0. The maximum absolute atomic E-state index is 5.21. The van der Waals surface area contributed by atoms with E-state index >= 15 is 0 Å². The average Bonchev–Trinajstić information content (AvgIpc) is 3.43. The van der Waals surface area contributed by atoms with Gasteiger partial charge < -0.3 is 0 Å². The fourth-order valence-electron chi connectivity index (χ4n) is 8.13. The Morgan fingerprint density at radius 2 is 0.843 bits per heavy atom. The number of nitrogens with zero attached hydrogens (tertiary/aromatic N) is 3. The van der Waals surface area contributed by atoms with Crippen LogP contribution < -0.4 is 0 Å². The van der Waals surface area contributed by atoms with E-state index in [-0.39, 0.29) is 5.41 Å². The number of fused-ring (bicyclic) bond motifs is 6. The van der Waals surface area contributed by atoms with Gasteiger partial charge in [-0.1, -0.05) is 159 Å². The lowest BCUT2D eigenvalue weighted by Crippen LogP contribution is -2.16. The molecule has 8 aromatic carbocycles. The number of hydrogen-bond donors (Lipinski definition) is 0. The monoisotopic (exact) mass is 651 g/mol. The minimum absolute atomic E-state index is 0.116. The highest BCUT2D eigenvalue weighted by atomic mass is 15.0. The van der Waals surface area contributed by atoms with Crippen LogP contribution in [0.25, 0.3) is 88.7 Å². The summed E-state index contributed by atoms with van der Waals surface area (Å²) in [7, 11) is 0. The first-order valence-corrected chi connectivity index (χ1v) is 17.5. The van der Waals surface area contributed by atoms with Crippen LogP contribution in [-0.4, -0.2) is 15.0 Å². The first-order valence-electron chi connectivity index (χ1n) is 17.5. The molecule has 0 N–H and O–H groups in total. The fraction of sp³-hybridized carbons (Fsp3) is 0.0625. The Morgan fingerprint density at radius 1 is 0.353 bits per heavy atom. The molecule has 1 heterocycles. The van der Waals surface area contributed by atoms with E-state index in [0.29, 0.717) is 17.5 Å². The normalized spacial score (nSPS) is 13.1. The summed E-state index contributed by atoms with van der Waals surface area (Å²) in [5.74, 6) is 1.97. The zero-order valence-corrected chi connectivity index (χ0v) is 28.4. The van der Waals surface area contributed by atoms with Crippen molar-refractivity contribution in [3.63, 3.8) is 0 Å². The van der Waals surface area contributed by atoms with E-state index in [9.17, 15) is 0 Å². The third kappa shape index (κ3) is 4.77. The van der Waals surface area contributed by atoms with Gasteiger partial charge in [-0.15, -0.1) is 0 Å². The van der Waals surface area contributed by atoms with Gasteiger partial charge >= 0.3 is 0 Å². The molecule has 0 amide bonds. The number of rotatable bonds is 4. The molecule has 51 heavy (non-hydrogen) atoms. The van der Waals surface area contributed by atoms with Crippen LogP contribution in [0.3, 0.4) is 0 Å². The summed E-state index contributed by atoms with van der Waals surface area (Å²) < 4.78 is 0. The lowest BCUT2D eigenvalue weighted by molar-refractivity contribution is 0.662. The van der Waals surface area contributed by atoms with Gasteiger partial charge in [0, 0.05) is 22.1 Å². The molecular formula is C48H33N3. The molecule has 1 aliphatic rings. The van der Waals surface area contributed by atoms with Crippen molar-refractivity contribution >= 4 is 32.3 Å². The standard InChI is InChI=1S/C48H33N3/c1-48(2)43-20-8-7-16-39(43)40-18-10-17-38(44(40)48)35-24-23-32-15-9-19-41(42(32)29-35)47-50-45(36-25-21-30-11-3-5-13-33(30)27-36)49-46(51-47)37-26-22-31-12-4-6-14-34(31)28-37/h3-29H,1-2H3. The van der Waals surface area contributed by atoms with Crippen molar-refractivity contribution in [2.24, 2.45) is 0 Å². The molecule has 3 heteroatoms. The molecular weight excluding hydrogens is 619 g/mol. The fourth-order valence-corrected chi connectivity index (χ4v) is 8.13. The van der Waals surface area contributed by atoms with Gasteiger partial charge in [-0.05, 0) is 83.9 Å². The minimum Gasteiger partial charge on any atom is -0.208 e. The molecule has 0 radical (unpaired) electrons. The van der Waals surface area contributed by atoms with Gasteiger partial charge in [-0.3, -0.25) is 0 Å². The van der Waals surface area contributed by atoms with Crippen molar-refractivity contribution in [1.29, 1.82) is 0 Å². The third-order valence-corrected chi connectivity index (χ3v) is 10.7. The SMILES string of the molecule is CC1(C)c2ccccc2-c2cccc(-c3ccc4cccc(-c5nc(-c6ccc7ccccc7c6)nc(-c6ccc7ccccc7c6)n5)c4c3)c21. The van der Waals surface area contributed by atoms with E-state index in [4.69, 9.17) is 15.0 Å². The van der Waals surface area contributed by atoms with Crippen LogP contribution in [0.4, 0.5) is 0 Å². The molecule has 0 atom stereocenters. The van der Waals surface area contributed by atoms with Crippen LogP contribution >= 0.6 is 0 Å². The number of hydrogen-bond acceptors (Lipinski definition) is 3. The molecule has 0 unspecified atom stereocenters. The van der Waals surface area contributed by atoms with Gasteiger partial charge in [0.1, 0.15) is 0 Å². The van der Waals surface area contributed by atoms with Crippen LogP contribution in [0, 0.1) is 0 Å². The third-order valence-electron chi connectivity index (χ3n) is 10.7. The second-order valence-corrected chi connectivity index (χ2v) is 14.1. The first-order chi connectivity index (χ1) is 25.0. The highest BCUT2D eigenvalue weighted by Gasteiger charge is 2.37.